The molecule has 2 nitrogen and oxygen atoms in total. The maximum absolute atomic E-state index is 14.2. The normalized spacial score (nSPS) is 14.8. The van der Waals surface area contributed by atoms with Crippen molar-refractivity contribution in [2.75, 3.05) is 18.0 Å². The van der Waals surface area contributed by atoms with E-state index in [1.54, 1.807) is 6.92 Å². The van der Waals surface area contributed by atoms with Crippen molar-refractivity contribution in [2.45, 2.75) is 25.9 Å². The molecule has 0 atom stereocenters. The van der Waals surface area contributed by atoms with E-state index in [2.05, 4.69) is 0 Å². The van der Waals surface area contributed by atoms with Gasteiger partial charge >= 0.3 is 6.18 Å². The predicted octanol–water partition coefficient (Wildman–Crippen LogP) is 5.82. The standard InChI is InChI=1S/C18H15F6NO/c1-10-6-12(19)16(9-15(10)25-4-2-3-5-25)26-17-13(20)7-11(8-14(17)21)18(22,23)24/h6-9H,2-5H2,1H3. The van der Waals surface area contributed by atoms with Gasteiger partial charge in [0.1, 0.15) is 0 Å². The van der Waals surface area contributed by atoms with Gasteiger partial charge < -0.3 is 9.64 Å². The number of rotatable bonds is 3. The molecule has 1 fully saturated rings. The second-order valence-electron chi connectivity index (χ2n) is 6.13. The number of halogens is 6. The molecular weight excluding hydrogens is 360 g/mol. The van der Waals surface area contributed by atoms with Crippen LogP contribution < -0.4 is 9.64 Å². The van der Waals surface area contributed by atoms with Gasteiger partial charge in [-0.2, -0.15) is 13.2 Å². The van der Waals surface area contributed by atoms with E-state index in [0.717, 1.165) is 25.9 Å². The van der Waals surface area contributed by atoms with Crippen LogP contribution in [0, 0.1) is 24.4 Å². The summed E-state index contributed by atoms with van der Waals surface area (Å²) in [4.78, 5) is 1.99. The maximum Gasteiger partial charge on any atom is 0.416 e. The molecule has 0 saturated carbocycles. The third-order valence-corrected chi connectivity index (χ3v) is 4.23. The molecule has 0 bridgehead atoms. The van der Waals surface area contributed by atoms with Crippen molar-refractivity contribution in [3.63, 3.8) is 0 Å². The van der Waals surface area contributed by atoms with E-state index in [1.165, 1.54) is 12.1 Å². The predicted molar refractivity (Wildman–Crippen MR) is 84.0 cm³/mol. The van der Waals surface area contributed by atoms with Crippen molar-refractivity contribution in [2.24, 2.45) is 0 Å². The summed E-state index contributed by atoms with van der Waals surface area (Å²) in [5.41, 5.74) is -0.196. The smallest absolute Gasteiger partial charge is 0.416 e. The van der Waals surface area contributed by atoms with Gasteiger partial charge in [0.15, 0.2) is 29.0 Å². The number of alkyl halides is 3. The third-order valence-electron chi connectivity index (χ3n) is 4.23. The zero-order chi connectivity index (χ0) is 19.1. The SMILES string of the molecule is Cc1cc(F)c(Oc2c(F)cc(C(F)(F)F)cc2F)cc1N1CCCC1. The first-order chi connectivity index (χ1) is 12.2. The van der Waals surface area contributed by atoms with Gasteiger partial charge in [0.25, 0.3) is 0 Å². The number of hydrogen-bond donors (Lipinski definition) is 0. The first-order valence-electron chi connectivity index (χ1n) is 7.96. The van der Waals surface area contributed by atoms with E-state index >= 15 is 0 Å². The molecule has 3 rings (SSSR count). The molecule has 140 valence electrons. The van der Waals surface area contributed by atoms with E-state index < -0.39 is 40.7 Å². The molecule has 1 heterocycles. The summed E-state index contributed by atoms with van der Waals surface area (Å²) in [7, 11) is 0. The summed E-state index contributed by atoms with van der Waals surface area (Å²) < 4.78 is 84.8. The van der Waals surface area contributed by atoms with E-state index in [-0.39, 0.29) is 12.1 Å². The number of hydrogen-bond acceptors (Lipinski definition) is 2. The molecule has 26 heavy (non-hydrogen) atoms. The average Bonchev–Trinajstić information content (AvgIpc) is 3.05. The number of aryl methyl sites for hydroxylation is 1. The van der Waals surface area contributed by atoms with Gasteiger partial charge in [-0.05, 0) is 43.5 Å². The zero-order valence-corrected chi connectivity index (χ0v) is 13.8. The highest BCUT2D eigenvalue weighted by molar-refractivity contribution is 5.58. The Hall–Kier alpha value is -2.38. The Morgan fingerprint density at radius 1 is 0.885 bits per heavy atom. The summed E-state index contributed by atoms with van der Waals surface area (Å²) in [6.45, 7) is 3.21. The van der Waals surface area contributed by atoms with Crippen molar-refractivity contribution in [1.82, 2.24) is 0 Å². The van der Waals surface area contributed by atoms with Crippen LogP contribution in [0.15, 0.2) is 24.3 Å². The lowest BCUT2D eigenvalue weighted by atomic mass is 10.1. The fraction of sp³-hybridized carbons (Fsp3) is 0.333. The summed E-state index contributed by atoms with van der Waals surface area (Å²) >= 11 is 0. The highest BCUT2D eigenvalue weighted by Crippen LogP contribution is 2.38. The zero-order valence-electron chi connectivity index (χ0n) is 13.8. The molecule has 0 radical (unpaired) electrons. The lowest BCUT2D eigenvalue weighted by Gasteiger charge is -2.21. The fourth-order valence-corrected chi connectivity index (χ4v) is 2.95. The van der Waals surface area contributed by atoms with E-state index in [4.69, 9.17) is 4.74 Å². The Balaban J connectivity index is 1.97. The first-order valence-corrected chi connectivity index (χ1v) is 7.96. The monoisotopic (exact) mass is 375 g/mol. The fourth-order valence-electron chi connectivity index (χ4n) is 2.95. The van der Waals surface area contributed by atoms with Crippen LogP contribution in [-0.2, 0) is 6.18 Å². The van der Waals surface area contributed by atoms with Crippen LogP contribution in [0.4, 0.5) is 32.0 Å². The quantitative estimate of drug-likeness (QED) is 0.627. The van der Waals surface area contributed by atoms with Crippen molar-refractivity contribution in [1.29, 1.82) is 0 Å². The summed E-state index contributed by atoms with van der Waals surface area (Å²) in [5.74, 6) is -5.49. The van der Waals surface area contributed by atoms with Crippen LogP contribution in [0.3, 0.4) is 0 Å². The second-order valence-corrected chi connectivity index (χ2v) is 6.13. The van der Waals surface area contributed by atoms with Crippen LogP contribution in [0.1, 0.15) is 24.0 Å². The Bertz CT molecular complexity index is 804. The topological polar surface area (TPSA) is 12.5 Å². The van der Waals surface area contributed by atoms with Gasteiger partial charge in [0.2, 0.25) is 0 Å². The largest absolute Gasteiger partial charge is 0.448 e. The highest BCUT2D eigenvalue weighted by atomic mass is 19.4. The van der Waals surface area contributed by atoms with E-state index in [0.29, 0.717) is 11.3 Å². The molecular formula is C18H15F6NO. The molecule has 1 aliphatic heterocycles. The third kappa shape index (κ3) is 3.59. The molecule has 1 saturated heterocycles. The van der Waals surface area contributed by atoms with Crippen LogP contribution in [0.2, 0.25) is 0 Å². The molecule has 1 aliphatic rings. The Labute approximate surface area is 146 Å². The van der Waals surface area contributed by atoms with Gasteiger partial charge in [-0.25, -0.2) is 13.2 Å². The minimum absolute atomic E-state index is 0.117. The van der Waals surface area contributed by atoms with Crippen molar-refractivity contribution in [3.8, 4) is 11.5 Å². The first kappa shape index (κ1) is 18.4. The molecule has 0 N–H and O–H groups in total. The summed E-state index contributed by atoms with van der Waals surface area (Å²) in [5, 5.41) is 0. The lowest BCUT2D eigenvalue weighted by molar-refractivity contribution is -0.138. The number of nitrogens with zero attached hydrogens (tertiary/aromatic N) is 1. The molecule has 0 amide bonds. The highest BCUT2D eigenvalue weighted by Gasteiger charge is 2.33. The van der Waals surface area contributed by atoms with E-state index in [9.17, 15) is 26.3 Å². The van der Waals surface area contributed by atoms with Crippen LogP contribution in [0.5, 0.6) is 11.5 Å². The molecule has 8 heteroatoms. The number of anilines is 1. The molecule has 2 aromatic carbocycles. The minimum atomic E-state index is -4.90. The van der Waals surface area contributed by atoms with Crippen LogP contribution >= 0.6 is 0 Å². The van der Waals surface area contributed by atoms with Gasteiger partial charge in [0, 0.05) is 24.8 Å². The van der Waals surface area contributed by atoms with Crippen molar-refractivity contribution < 1.29 is 31.1 Å². The summed E-state index contributed by atoms with van der Waals surface area (Å²) in [6.07, 6.45) is -2.97. The number of benzene rings is 2. The Morgan fingerprint density at radius 3 is 2.00 bits per heavy atom. The Morgan fingerprint density at radius 2 is 1.46 bits per heavy atom. The molecule has 0 aliphatic carbocycles. The Kier molecular flexibility index (Phi) is 4.77. The average molecular weight is 375 g/mol. The summed E-state index contributed by atoms with van der Waals surface area (Å²) in [6, 6.07) is 2.72. The molecule has 0 unspecified atom stereocenters. The maximum atomic E-state index is 14.2. The van der Waals surface area contributed by atoms with Gasteiger partial charge in [0.05, 0.1) is 5.56 Å². The van der Waals surface area contributed by atoms with Crippen molar-refractivity contribution in [3.05, 3.63) is 52.8 Å². The second kappa shape index (κ2) is 6.74. The number of ether oxygens (including phenoxy) is 1. The van der Waals surface area contributed by atoms with E-state index in [1.807, 2.05) is 4.90 Å². The molecule has 2 aromatic rings. The van der Waals surface area contributed by atoms with Crippen molar-refractivity contribution >= 4 is 5.69 Å². The van der Waals surface area contributed by atoms with Gasteiger partial charge in [-0.3, -0.25) is 0 Å². The van der Waals surface area contributed by atoms with Crippen LogP contribution in [-0.4, -0.2) is 13.1 Å². The van der Waals surface area contributed by atoms with Gasteiger partial charge in [-0.1, -0.05) is 0 Å². The minimum Gasteiger partial charge on any atom is -0.448 e. The molecule has 0 aromatic heterocycles. The lowest BCUT2D eigenvalue weighted by Crippen LogP contribution is -2.18. The van der Waals surface area contributed by atoms with Gasteiger partial charge in [-0.15, -0.1) is 0 Å². The van der Waals surface area contributed by atoms with Crippen LogP contribution in [0.25, 0.3) is 0 Å². The molecule has 0 spiro atoms.